The summed E-state index contributed by atoms with van der Waals surface area (Å²) in [4.78, 5) is 31.1. The van der Waals surface area contributed by atoms with Gasteiger partial charge in [0.25, 0.3) is 0 Å². The Morgan fingerprint density at radius 1 is 0.943 bits per heavy atom. The summed E-state index contributed by atoms with van der Waals surface area (Å²) in [7, 11) is 4.56. The second-order valence-electron chi connectivity index (χ2n) is 8.31. The van der Waals surface area contributed by atoms with Crippen molar-refractivity contribution in [3.8, 4) is 28.5 Å². The molecular formula is C28H27NO5S. The van der Waals surface area contributed by atoms with E-state index in [4.69, 9.17) is 19.2 Å². The molecule has 180 valence electrons. The van der Waals surface area contributed by atoms with Crippen molar-refractivity contribution in [2.45, 2.75) is 20.3 Å². The summed E-state index contributed by atoms with van der Waals surface area (Å²) >= 11 is 1.66. The van der Waals surface area contributed by atoms with Crippen LogP contribution in [0.5, 0.6) is 17.2 Å². The summed E-state index contributed by atoms with van der Waals surface area (Å²) in [6.45, 7) is 3.81. The number of pyridine rings is 1. The van der Waals surface area contributed by atoms with Gasteiger partial charge in [-0.05, 0) is 42.8 Å². The normalized spacial score (nSPS) is 11.8. The van der Waals surface area contributed by atoms with E-state index in [0.717, 1.165) is 10.9 Å². The van der Waals surface area contributed by atoms with E-state index in [1.165, 1.54) is 31.6 Å². The molecule has 0 bridgehead atoms. The first-order chi connectivity index (χ1) is 16.9. The highest BCUT2D eigenvalue weighted by Gasteiger charge is 2.25. The number of nitrogens with zero attached hydrogens (tertiary/aromatic N) is 1. The van der Waals surface area contributed by atoms with Gasteiger partial charge < -0.3 is 14.2 Å². The first-order valence-corrected chi connectivity index (χ1v) is 12.1. The second kappa shape index (κ2) is 10.3. The molecule has 0 aliphatic rings. The molecule has 0 aliphatic heterocycles. The number of ketones is 2. The van der Waals surface area contributed by atoms with Crippen LogP contribution in [0, 0.1) is 12.8 Å². The Bertz CT molecular complexity index is 1410. The summed E-state index contributed by atoms with van der Waals surface area (Å²) in [6.07, 6.45) is 0.0317. The molecular weight excluding hydrogens is 462 g/mol. The number of thiophene rings is 1. The summed E-state index contributed by atoms with van der Waals surface area (Å²) in [5, 5.41) is 3.16. The first-order valence-electron chi connectivity index (χ1n) is 11.2. The van der Waals surface area contributed by atoms with Gasteiger partial charge in [-0.25, -0.2) is 4.98 Å². The SMILES string of the molecule is COc1ccc(C(=O)CC(C)C(=O)c2nc(-c3csc4c(C)cccc34)ccc2OC)cc1OC. The molecule has 0 N–H and O–H groups in total. The molecule has 0 radical (unpaired) electrons. The van der Waals surface area contributed by atoms with Crippen LogP contribution in [0.1, 0.15) is 39.8 Å². The van der Waals surface area contributed by atoms with Gasteiger partial charge in [-0.1, -0.05) is 25.1 Å². The lowest BCUT2D eigenvalue weighted by Gasteiger charge is -2.14. The molecule has 4 rings (SSSR count). The second-order valence-corrected chi connectivity index (χ2v) is 9.19. The molecule has 0 aliphatic carbocycles. The van der Waals surface area contributed by atoms with Crippen molar-refractivity contribution in [3.63, 3.8) is 0 Å². The van der Waals surface area contributed by atoms with E-state index < -0.39 is 5.92 Å². The van der Waals surface area contributed by atoms with Crippen LogP contribution in [0.25, 0.3) is 21.3 Å². The maximum absolute atomic E-state index is 13.4. The zero-order chi connectivity index (χ0) is 25.1. The van der Waals surface area contributed by atoms with Crippen LogP contribution in [-0.4, -0.2) is 37.9 Å². The zero-order valence-electron chi connectivity index (χ0n) is 20.4. The summed E-state index contributed by atoms with van der Waals surface area (Å²) in [6, 6.07) is 14.8. The number of fused-ring (bicyclic) bond motifs is 1. The fourth-order valence-electron chi connectivity index (χ4n) is 4.07. The highest BCUT2D eigenvalue weighted by molar-refractivity contribution is 7.18. The molecule has 1 atom stereocenters. The smallest absolute Gasteiger partial charge is 0.188 e. The highest BCUT2D eigenvalue weighted by atomic mass is 32.1. The minimum atomic E-state index is -0.589. The van der Waals surface area contributed by atoms with Gasteiger partial charge >= 0.3 is 0 Å². The lowest BCUT2D eigenvalue weighted by atomic mass is 9.93. The summed E-state index contributed by atoms with van der Waals surface area (Å²) < 4.78 is 17.2. The van der Waals surface area contributed by atoms with Crippen LogP contribution >= 0.6 is 11.3 Å². The number of carbonyl (C=O) groups excluding carboxylic acids is 2. The fourth-order valence-corrected chi connectivity index (χ4v) is 5.11. The average molecular weight is 490 g/mol. The number of ether oxygens (including phenoxy) is 3. The maximum atomic E-state index is 13.4. The topological polar surface area (TPSA) is 74.7 Å². The van der Waals surface area contributed by atoms with Crippen LogP contribution in [0.2, 0.25) is 0 Å². The van der Waals surface area contributed by atoms with Crippen molar-refractivity contribution >= 4 is 33.0 Å². The van der Waals surface area contributed by atoms with E-state index in [1.54, 1.807) is 42.5 Å². The van der Waals surface area contributed by atoms with Gasteiger partial charge in [0.1, 0.15) is 11.4 Å². The molecule has 7 heteroatoms. The van der Waals surface area contributed by atoms with Gasteiger partial charge in [0.2, 0.25) is 0 Å². The molecule has 0 saturated carbocycles. The Balaban J connectivity index is 1.62. The predicted molar refractivity (Wildman–Crippen MR) is 138 cm³/mol. The molecule has 35 heavy (non-hydrogen) atoms. The lowest BCUT2D eigenvalue weighted by Crippen LogP contribution is -2.18. The summed E-state index contributed by atoms with van der Waals surface area (Å²) in [5.41, 5.74) is 3.55. The van der Waals surface area contributed by atoms with E-state index >= 15 is 0 Å². The number of benzene rings is 2. The third-order valence-corrected chi connectivity index (χ3v) is 7.16. The Morgan fingerprint density at radius 2 is 1.66 bits per heavy atom. The molecule has 2 heterocycles. The molecule has 0 saturated heterocycles. The van der Waals surface area contributed by atoms with Gasteiger partial charge in [0, 0.05) is 38.9 Å². The van der Waals surface area contributed by atoms with Gasteiger partial charge in [0.05, 0.1) is 27.0 Å². The zero-order valence-corrected chi connectivity index (χ0v) is 21.2. The van der Waals surface area contributed by atoms with Crippen LogP contribution in [0.4, 0.5) is 0 Å². The monoisotopic (exact) mass is 489 g/mol. The van der Waals surface area contributed by atoms with Gasteiger partial charge in [-0.3, -0.25) is 9.59 Å². The predicted octanol–water partition coefficient (Wildman–Crippen LogP) is 6.39. The lowest BCUT2D eigenvalue weighted by molar-refractivity contribution is 0.0857. The Hall–Kier alpha value is -3.71. The number of methoxy groups -OCH3 is 3. The minimum absolute atomic E-state index is 0.0317. The molecule has 0 spiro atoms. The quantitative estimate of drug-likeness (QED) is 0.254. The van der Waals surface area contributed by atoms with Gasteiger partial charge in [0.15, 0.2) is 23.1 Å². The third kappa shape index (κ3) is 4.77. The number of aromatic nitrogens is 1. The van der Waals surface area contributed by atoms with Gasteiger partial charge in [-0.15, -0.1) is 11.3 Å². The van der Waals surface area contributed by atoms with Crippen molar-refractivity contribution in [3.05, 3.63) is 70.7 Å². The molecule has 2 aromatic carbocycles. The number of rotatable bonds is 9. The largest absolute Gasteiger partial charge is 0.494 e. The third-order valence-electron chi connectivity index (χ3n) is 6.03. The molecule has 4 aromatic rings. The number of hydrogen-bond donors (Lipinski definition) is 0. The van der Waals surface area contributed by atoms with Gasteiger partial charge in [-0.2, -0.15) is 0 Å². The molecule has 2 aromatic heterocycles. The van der Waals surface area contributed by atoms with Crippen LogP contribution in [0.15, 0.2) is 53.9 Å². The van der Waals surface area contributed by atoms with Crippen LogP contribution in [-0.2, 0) is 0 Å². The van der Waals surface area contributed by atoms with Crippen molar-refractivity contribution in [1.29, 1.82) is 0 Å². The standard InChI is InChI=1S/C28H27NO5S/c1-16-7-6-8-19-20(15-35-28(16)19)21-10-12-24(33-4)26(29-21)27(31)17(2)13-22(30)18-9-11-23(32-3)25(14-18)34-5/h6-12,14-15,17H,13H2,1-5H3. The van der Waals surface area contributed by atoms with E-state index in [0.29, 0.717) is 28.5 Å². The minimum Gasteiger partial charge on any atom is -0.494 e. The fraction of sp³-hybridized carbons (Fsp3) is 0.250. The Morgan fingerprint density at radius 3 is 2.37 bits per heavy atom. The average Bonchev–Trinajstić information content (AvgIpc) is 3.32. The number of aryl methyl sites for hydroxylation is 1. The number of Topliss-reactive ketones (excluding diaryl/α,β-unsaturated/α-hetero) is 2. The molecule has 0 fully saturated rings. The first kappa shape index (κ1) is 24.4. The van der Waals surface area contributed by atoms with Crippen LogP contribution < -0.4 is 14.2 Å². The number of carbonyl (C=O) groups is 2. The van der Waals surface area contributed by atoms with Crippen molar-refractivity contribution < 1.29 is 23.8 Å². The van der Waals surface area contributed by atoms with Crippen molar-refractivity contribution in [2.75, 3.05) is 21.3 Å². The Labute approximate surface area is 208 Å². The van der Waals surface area contributed by atoms with Crippen molar-refractivity contribution in [1.82, 2.24) is 4.98 Å². The maximum Gasteiger partial charge on any atom is 0.188 e. The van der Waals surface area contributed by atoms with E-state index in [2.05, 4.69) is 24.4 Å². The van der Waals surface area contributed by atoms with E-state index in [9.17, 15) is 9.59 Å². The van der Waals surface area contributed by atoms with E-state index in [-0.39, 0.29) is 23.7 Å². The van der Waals surface area contributed by atoms with Crippen LogP contribution in [0.3, 0.4) is 0 Å². The van der Waals surface area contributed by atoms with E-state index in [1.807, 2.05) is 12.1 Å². The van der Waals surface area contributed by atoms with Crippen molar-refractivity contribution in [2.24, 2.45) is 5.92 Å². The molecule has 0 amide bonds. The highest BCUT2D eigenvalue weighted by Crippen LogP contribution is 2.36. The number of hydrogen-bond acceptors (Lipinski definition) is 7. The molecule has 6 nitrogen and oxygen atoms in total. The summed E-state index contributed by atoms with van der Waals surface area (Å²) in [5.74, 6) is 0.393. The Kier molecular flexibility index (Phi) is 7.17. The molecule has 1 unspecified atom stereocenters.